The zero-order valence-corrected chi connectivity index (χ0v) is 10.3. The summed E-state index contributed by atoms with van der Waals surface area (Å²) in [6, 6.07) is 4.80. The molecule has 0 aliphatic carbocycles. The first-order valence-electron chi connectivity index (χ1n) is 4.10. The predicted octanol–water partition coefficient (Wildman–Crippen LogP) is 2.34. The number of rotatable bonds is 2. The van der Waals surface area contributed by atoms with Crippen LogP contribution in [0.3, 0.4) is 0 Å². The fraction of sp³-hybridized carbons (Fsp3) is 0.222. The first-order chi connectivity index (χ1) is 6.90. The van der Waals surface area contributed by atoms with Crippen molar-refractivity contribution in [3.8, 4) is 6.07 Å². The minimum absolute atomic E-state index is 0.0317. The number of halogens is 1. The van der Waals surface area contributed by atoms with Crippen molar-refractivity contribution in [2.45, 2.75) is 23.1 Å². The fourth-order valence-corrected chi connectivity index (χ4v) is 2.89. The second kappa shape index (κ2) is 4.44. The quantitative estimate of drug-likeness (QED) is 0.657. The third-order valence-corrected chi connectivity index (χ3v) is 3.58. The van der Waals surface area contributed by atoms with Crippen LogP contribution in [0.5, 0.6) is 0 Å². The normalized spacial score (nSPS) is 11.1. The molecular formula is C9H8ClNO2S2. The molecular weight excluding hydrogens is 254 g/mol. The van der Waals surface area contributed by atoms with Crippen molar-refractivity contribution in [3.05, 3.63) is 23.3 Å². The van der Waals surface area contributed by atoms with E-state index in [2.05, 4.69) is 12.6 Å². The van der Waals surface area contributed by atoms with Gasteiger partial charge in [-0.1, -0.05) is 6.92 Å². The second-order valence-electron chi connectivity index (χ2n) is 2.87. The molecule has 1 aromatic rings. The smallest absolute Gasteiger partial charge is 0.207 e. The van der Waals surface area contributed by atoms with Gasteiger partial charge in [-0.15, -0.1) is 12.6 Å². The van der Waals surface area contributed by atoms with Crippen molar-refractivity contribution >= 4 is 32.4 Å². The maximum atomic E-state index is 11.3. The van der Waals surface area contributed by atoms with Gasteiger partial charge in [-0.2, -0.15) is 5.26 Å². The van der Waals surface area contributed by atoms with Crippen LogP contribution in [0.25, 0.3) is 0 Å². The largest absolute Gasteiger partial charge is 0.261 e. The van der Waals surface area contributed by atoms with Crippen LogP contribution in [0.4, 0.5) is 0 Å². The number of nitriles is 1. The van der Waals surface area contributed by atoms with Gasteiger partial charge < -0.3 is 0 Å². The predicted molar refractivity (Wildman–Crippen MR) is 60.8 cm³/mol. The van der Waals surface area contributed by atoms with E-state index < -0.39 is 9.05 Å². The highest BCUT2D eigenvalue weighted by molar-refractivity contribution is 8.13. The number of thiol groups is 1. The Hall–Kier alpha value is -0.700. The third-order valence-electron chi connectivity index (χ3n) is 1.93. The summed E-state index contributed by atoms with van der Waals surface area (Å²) in [6.07, 6.45) is 0.429. The average molecular weight is 262 g/mol. The number of nitrogens with zero attached hydrogens (tertiary/aromatic N) is 1. The molecule has 1 aromatic carbocycles. The molecule has 0 N–H and O–H groups in total. The van der Waals surface area contributed by atoms with Gasteiger partial charge in [0.1, 0.15) is 0 Å². The van der Waals surface area contributed by atoms with E-state index in [9.17, 15) is 8.42 Å². The van der Waals surface area contributed by atoms with Gasteiger partial charge in [0.05, 0.1) is 16.5 Å². The Balaban J connectivity index is 3.66. The minimum Gasteiger partial charge on any atom is -0.207 e. The Morgan fingerprint density at radius 2 is 2.13 bits per heavy atom. The molecule has 0 saturated carbocycles. The van der Waals surface area contributed by atoms with Crippen molar-refractivity contribution in [1.82, 2.24) is 0 Å². The van der Waals surface area contributed by atoms with Crippen LogP contribution in [0.1, 0.15) is 18.1 Å². The molecule has 80 valence electrons. The highest BCUT2D eigenvalue weighted by Crippen LogP contribution is 2.26. The van der Waals surface area contributed by atoms with Crippen molar-refractivity contribution in [1.29, 1.82) is 5.26 Å². The minimum atomic E-state index is -3.83. The van der Waals surface area contributed by atoms with Gasteiger partial charge in [-0.3, -0.25) is 0 Å². The molecule has 15 heavy (non-hydrogen) atoms. The summed E-state index contributed by atoms with van der Waals surface area (Å²) < 4.78 is 22.5. The van der Waals surface area contributed by atoms with Crippen LogP contribution in [-0.2, 0) is 15.5 Å². The molecule has 0 bridgehead atoms. The molecule has 0 aliphatic rings. The van der Waals surface area contributed by atoms with Gasteiger partial charge in [-0.25, -0.2) is 8.42 Å². The molecule has 3 nitrogen and oxygen atoms in total. The summed E-state index contributed by atoms with van der Waals surface area (Å²) in [6.45, 7) is 1.76. The van der Waals surface area contributed by atoms with E-state index >= 15 is 0 Å². The molecule has 0 saturated heterocycles. The van der Waals surface area contributed by atoms with E-state index in [1.807, 2.05) is 6.07 Å². The first-order valence-corrected chi connectivity index (χ1v) is 6.86. The highest BCUT2D eigenvalue weighted by atomic mass is 35.7. The maximum Gasteiger partial charge on any atom is 0.261 e. The Bertz CT molecular complexity index is 532. The first kappa shape index (κ1) is 12.4. The molecule has 0 unspecified atom stereocenters. The van der Waals surface area contributed by atoms with E-state index in [4.69, 9.17) is 15.9 Å². The lowest BCUT2D eigenvalue weighted by molar-refractivity contribution is 0.608. The highest BCUT2D eigenvalue weighted by Gasteiger charge is 2.18. The van der Waals surface area contributed by atoms with Crippen molar-refractivity contribution in [3.63, 3.8) is 0 Å². The topological polar surface area (TPSA) is 57.9 Å². The zero-order chi connectivity index (χ0) is 11.6. The number of hydrogen-bond acceptors (Lipinski definition) is 4. The summed E-state index contributed by atoms with van der Waals surface area (Å²) in [5.74, 6) is 0. The van der Waals surface area contributed by atoms with Gasteiger partial charge in [0.2, 0.25) is 0 Å². The van der Waals surface area contributed by atoms with E-state index in [-0.39, 0.29) is 4.90 Å². The second-order valence-corrected chi connectivity index (χ2v) is 5.92. The molecule has 0 spiro atoms. The molecule has 0 aromatic heterocycles. The Morgan fingerprint density at radius 3 is 2.53 bits per heavy atom. The summed E-state index contributed by atoms with van der Waals surface area (Å²) >= 11 is 4.02. The van der Waals surface area contributed by atoms with Crippen molar-refractivity contribution in [2.24, 2.45) is 0 Å². The Morgan fingerprint density at radius 1 is 1.53 bits per heavy atom. The van der Waals surface area contributed by atoms with Crippen LogP contribution >= 0.6 is 23.3 Å². The fourth-order valence-electron chi connectivity index (χ4n) is 1.31. The summed E-state index contributed by atoms with van der Waals surface area (Å²) in [5, 5.41) is 8.84. The molecule has 0 atom stereocenters. The molecule has 0 radical (unpaired) electrons. The monoisotopic (exact) mass is 261 g/mol. The lowest BCUT2D eigenvalue weighted by atomic mass is 10.1. The molecule has 0 fully saturated rings. The Kier molecular flexibility index (Phi) is 3.66. The number of benzene rings is 1. The van der Waals surface area contributed by atoms with Crippen molar-refractivity contribution in [2.75, 3.05) is 0 Å². The Labute approximate surface area is 98.5 Å². The molecule has 0 aliphatic heterocycles. The van der Waals surface area contributed by atoms with Crippen molar-refractivity contribution < 1.29 is 8.42 Å². The standard InChI is InChI=1S/C9H8ClNO2S2/c1-2-8-6(5-11)3-7(14)4-9(8)15(10,12)13/h3-4,14H,2H2,1H3. The zero-order valence-electron chi connectivity index (χ0n) is 7.86. The maximum absolute atomic E-state index is 11.3. The SMILES string of the molecule is CCc1c(C#N)cc(S)cc1S(=O)(=O)Cl. The van der Waals surface area contributed by atoms with Gasteiger partial charge in [-0.05, 0) is 24.1 Å². The lowest BCUT2D eigenvalue weighted by Crippen LogP contribution is -2.00. The van der Waals surface area contributed by atoms with Crippen LogP contribution < -0.4 is 0 Å². The van der Waals surface area contributed by atoms with Gasteiger partial charge in [0.25, 0.3) is 9.05 Å². The summed E-state index contributed by atoms with van der Waals surface area (Å²) in [4.78, 5) is 0.374. The summed E-state index contributed by atoms with van der Waals surface area (Å²) in [5.41, 5.74) is 0.731. The van der Waals surface area contributed by atoms with Gasteiger partial charge >= 0.3 is 0 Å². The van der Waals surface area contributed by atoms with Gasteiger partial charge in [0.15, 0.2) is 0 Å². The van der Waals surface area contributed by atoms with E-state index in [1.165, 1.54) is 12.1 Å². The van der Waals surface area contributed by atoms with Crippen LogP contribution in [0, 0.1) is 11.3 Å². The van der Waals surface area contributed by atoms with Crippen LogP contribution in [-0.4, -0.2) is 8.42 Å². The number of hydrogen-bond donors (Lipinski definition) is 1. The van der Waals surface area contributed by atoms with Gasteiger partial charge in [0, 0.05) is 15.6 Å². The third kappa shape index (κ3) is 2.65. The summed E-state index contributed by atoms with van der Waals surface area (Å²) in [7, 11) is 1.44. The van der Waals surface area contributed by atoms with E-state index in [0.717, 1.165) is 0 Å². The van der Waals surface area contributed by atoms with Crippen LogP contribution in [0.2, 0.25) is 0 Å². The lowest BCUT2D eigenvalue weighted by Gasteiger charge is -2.07. The molecule has 0 heterocycles. The molecule has 6 heteroatoms. The molecule has 0 amide bonds. The van der Waals surface area contributed by atoms with E-state index in [0.29, 0.717) is 22.4 Å². The van der Waals surface area contributed by atoms with E-state index in [1.54, 1.807) is 6.92 Å². The molecule has 1 rings (SSSR count). The average Bonchev–Trinajstić information content (AvgIpc) is 2.15. The van der Waals surface area contributed by atoms with Crippen LogP contribution in [0.15, 0.2) is 21.9 Å².